The van der Waals surface area contributed by atoms with Crippen LogP contribution in [0.4, 0.5) is 13.2 Å². The van der Waals surface area contributed by atoms with Crippen LogP contribution in [0.2, 0.25) is 0 Å². The van der Waals surface area contributed by atoms with Crippen LogP contribution in [0, 0.1) is 0 Å². The normalized spacial score (nSPS) is 17.7. The average Bonchev–Trinajstić information content (AvgIpc) is 3.06. The van der Waals surface area contributed by atoms with Crippen LogP contribution >= 0.6 is 11.3 Å². The summed E-state index contributed by atoms with van der Waals surface area (Å²) in [7, 11) is 0. The Morgan fingerprint density at radius 1 is 1.33 bits per heavy atom. The summed E-state index contributed by atoms with van der Waals surface area (Å²) in [5, 5.41) is 10.9. The first-order valence-electron chi connectivity index (χ1n) is 6.46. The Morgan fingerprint density at radius 2 is 2.14 bits per heavy atom. The first-order valence-corrected chi connectivity index (χ1v) is 7.40. The Hall–Kier alpha value is -1.45. The van der Waals surface area contributed by atoms with Gasteiger partial charge in [-0.05, 0) is 22.4 Å². The molecule has 0 radical (unpaired) electrons. The summed E-state index contributed by atoms with van der Waals surface area (Å²) in [6.45, 7) is 1.45. The topological polar surface area (TPSA) is 60.0 Å². The lowest BCUT2D eigenvalue weighted by Crippen LogP contribution is -2.40. The van der Waals surface area contributed by atoms with Gasteiger partial charge in [0.15, 0.2) is 0 Å². The van der Waals surface area contributed by atoms with Gasteiger partial charge in [0.05, 0.1) is 6.54 Å². The van der Waals surface area contributed by atoms with Crippen LogP contribution in [0.1, 0.15) is 23.3 Å². The zero-order valence-corrected chi connectivity index (χ0v) is 11.9. The second kappa shape index (κ2) is 5.39. The fourth-order valence-corrected chi connectivity index (χ4v) is 3.32. The number of rotatable bonds is 3. The van der Waals surface area contributed by atoms with Crippen molar-refractivity contribution in [2.45, 2.75) is 25.3 Å². The lowest BCUT2D eigenvalue weighted by atomic mass is 10.1. The number of hydrogen-bond donors (Lipinski definition) is 1. The number of nitrogens with two attached hydrogens (primary N) is 1. The Kier molecular flexibility index (Phi) is 3.72. The number of nitrogens with zero attached hydrogens (tertiary/aromatic N) is 4. The fraction of sp³-hybridized carbons (Fsp3) is 0.500. The van der Waals surface area contributed by atoms with Crippen LogP contribution in [0.3, 0.4) is 0 Å². The standard InChI is InChI=1S/C12H14F3N5S/c13-12(14,15)11-18-17-10-6-19(2-3-20(10)11)9(5-16)8-1-4-21-7-8/h1,4,7,9H,2-3,5-6,16H2. The molecule has 1 aliphatic heterocycles. The predicted octanol–water partition coefficient (Wildman–Crippen LogP) is 1.87. The molecule has 9 heteroatoms. The molecular formula is C12H14F3N5S. The van der Waals surface area contributed by atoms with Crippen LogP contribution < -0.4 is 5.73 Å². The average molecular weight is 317 g/mol. The number of aromatic nitrogens is 3. The number of fused-ring (bicyclic) bond motifs is 1. The second-order valence-electron chi connectivity index (χ2n) is 4.87. The van der Waals surface area contributed by atoms with E-state index in [0.717, 1.165) is 10.1 Å². The van der Waals surface area contributed by atoms with Gasteiger partial charge in [0, 0.05) is 25.7 Å². The molecule has 0 saturated carbocycles. The highest BCUT2D eigenvalue weighted by atomic mass is 32.1. The first-order chi connectivity index (χ1) is 10.0. The summed E-state index contributed by atoms with van der Waals surface area (Å²) in [5.74, 6) is -0.584. The maximum absolute atomic E-state index is 12.8. The molecule has 0 saturated heterocycles. The van der Waals surface area contributed by atoms with Crippen LogP contribution in [-0.2, 0) is 19.3 Å². The number of thiophene rings is 1. The molecule has 2 N–H and O–H groups in total. The minimum atomic E-state index is -4.46. The lowest BCUT2D eigenvalue weighted by molar-refractivity contribution is -0.148. The number of halogens is 3. The maximum atomic E-state index is 12.8. The summed E-state index contributed by atoms with van der Waals surface area (Å²) in [6.07, 6.45) is -4.46. The molecule has 3 rings (SSSR count). The van der Waals surface area contributed by atoms with E-state index in [1.807, 2.05) is 21.7 Å². The van der Waals surface area contributed by atoms with Gasteiger partial charge in [-0.3, -0.25) is 4.90 Å². The molecule has 2 aromatic heterocycles. The Labute approximate surface area is 123 Å². The predicted molar refractivity (Wildman–Crippen MR) is 71.5 cm³/mol. The first kappa shape index (κ1) is 14.5. The van der Waals surface area contributed by atoms with Crippen molar-refractivity contribution in [2.24, 2.45) is 5.73 Å². The van der Waals surface area contributed by atoms with E-state index in [1.54, 1.807) is 11.3 Å². The quantitative estimate of drug-likeness (QED) is 0.939. The van der Waals surface area contributed by atoms with Crippen LogP contribution in [-0.4, -0.2) is 32.8 Å². The SMILES string of the molecule is NCC(c1ccsc1)N1CCn2c(nnc2C(F)(F)F)C1. The van der Waals surface area contributed by atoms with Gasteiger partial charge in [0.25, 0.3) is 0 Å². The molecule has 3 heterocycles. The lowest BCUT2D eigenvalue weighted by Gasteiger charge is -2.34. The van der Waals surface area contributed by atoms with Gasteiger partial charge >= 0.3 is 6.18 Å². The molecule has 0 bridgehead atoms. The highest BCUT2D eigenvalue weighted by Crippen LogP contribution is 2.31. The third-order valence-corrected chi connectivity index (χ3v) is 4.33. The molecule has 1 aliphatic rings. The van der Waals surface area contributed by atoms with E-state index in [-0.39, 0.29) is 12.6 Å². The molecule has 0 aliphatic carbocycles. The van der Waals surface area contributed by atoms with E-state index in [0.29, 0.717) is 25.5 Å². The summed E-state index contributed by atoms with van der Waals surface area (Å²) < 4.78 is 39.5. The highest BCUT2D eigenvalue weighted by Gasteiger charge is 2.40. The Morgan fingerprint density at radius 3 is 2.76 bits per heavy atom. The summed E-state index contributed by atoms with van der Waals surface area (Å²) in [4.78, 5) is 2.05. The zero-order chi connectivity index (χ0) is 15.0. The van der Waals surface area contributed by atoms with Crippen molar-refractivity contribution in [1.82, 2.24) is 19.7 Å². The van der Waals surface area contributed by atoms with E-state index >= 15 is 0 Å². The van der Waals surface area contributed by atoms with Crippen molar-refractivity contribution in [3.63, 3.8) is 0 Å². The van der Waals surface area contributed by atoms with Crippen molar-refractivity contribution in [3.05, 3.63) is 34.0 Å². The van der Waals surface area contributed by atoms with Crippen LogP contribution in [0.5, 0.6) is 0 Å². The molecule has 5 nitrogen and oxygen atoms in total. The molecule has 114 valence electrons. The van der Waals surface area contributed by atoms with Crippen molar-refractivity contribution >= 4 is 11.3 Å². The Bertz CT molecular complexity index is 607. The minimum absolute atomic E-state index is 0.00367. The molecule has 1 atom stereocenters. The van der Waals surface area contributed by atoms with E-state index in [4.69, 9.17) is 5.73 Å². The minimum Gasteiger partial charge on any atom is -0.329 e. The number of alkyl halides is 3. The van der Waals surface area contributed by atoms with Gasteiger partial charge in [0.2, 0.25) is 5.82 Å². The fourth-order valence-electron chi connectivity index (χ4n) is 2.61. The van der Waals surface area contributed by atoms with Gasteiger partial charge in [-0.2, -0.15) is 24.5 Å². The maximum Gasteiger partial charge on any atom is 0.451 e. The van der Waals surface area contributed by atoms with E-state index in [1.165, 1.54) is 0 Å². The molecule has 2 aromatic rings. The van der Waals surface area contributed by atoms with Gasteiger partial charge in [-0.15, -0.1) is 10.2 Å². The van der Waals surface area contributed by atoms with Crippen molar-refractivity contribution in [1.29, 1.82) is 0 Å². The number of hydrogen-bond acceptors (Lipinski definition) is 5. The third-order valence-electron chi connectivity index (χ3n) is 3.63. The molecule has 0 amide bonds. The molecule has 0 fully saturated rings. The summed E-state index contributed by atoms with van der Waals surface area (Å²) in [6, 6.07) is 1.99. The van der Waals surface area contributed by atoms with E-state index < -0.39 is 12.0 Å². The molecule has 0 spiro atoms. The van der Waals surface area contributed by atoms with Gasteiger partial charge in [-0.25, -0.2) is 0 Å². The van der Waals surface area contributed by atoms with E-state index in [9.17, 15) is 13.2 Å². The Balaban J connectivity index is 1.83. The van der Waals surface area contributed by atoms with Gasteiger partial charge in [0.1, 0.15) is 5.82 Å². The zero-order valence-electron chi connectivity index (χ0n) is 11.0. The second-order valence-corrected chi connectivity index (χ2v) is 5.65. The van der Waals surface area contributed by atoms with E-state index in [2.05, 4.69) is 10.2 Å². The third kappa shape index (κ3) is 2.68. The highest BCUT2D eigenvalue weighted by molar-refractivity contribution is 7.07. The largest absolute Gasteiger partial charge is 0.451 e. The molecule has 0 aromatic carbocycles. The van der Waals surface area contributed by atoms with Crippen LogP contribution in [0.15, 0.2) is 16.8 Å². The van der Waals surface area contributed by atoms with Gasteiger partial charge in [-0.1, -0.05) is 0 Å². The smallest absolute Gasteiger partial charge is 0.329 e. The monoisotopic (exact) mass is 317 g/mol. The van der Waals surface area contributed by atoms with Gasteiger partial charge < -0.3 is 10.3 Å². The summed E-state index contributed by atoms with van der Waals surface area (Å²) in [5.41, 5.74) is 6.92. The molecule has 1 unspecified atom stereocenters. The molecule has 21 heavy (non-hydrogen) atoms. The van der Waals surface area contributed by atoms with Crippen molar-refractivity contribution < 1.29 is 13.2 Å². The van der Waals surface area contributed by atoms with Crippen molar-refractivity contribution in [3.8, 4) is 0 Å². The van der Waals surface area contributed by atoms with Crippen molar-refractivity contribution in [2.75, 3.05) is 13.1 Å². The summed E-state index contributed by atoms with van der Waals surface area (Å²) >= 11 is 1.58. The molecular weight excluding hydrogens is 303 g/mol. The van der Waals surface area contributed by atoms with Crippen LogP contribution in [0.25, 0.3) is 0 Å².